The summed E-state index contributed by atoms with van der Waals surface area (Å²) in [5.41, 5.74) is -0.756. The summed E-state index contributed by atoms with van der Waals surface area (Å²) in [6.07, 6.45) is 0. The quantitative estimate of drug-likeness (QED) is 0.628. The number of hydrogen-bond acceptors (Lipinski definition) is 6. The zero-order valence-electron chi connectivity index (χ0n) is 11.3. The van der Waals surface area contributed by atoms with Crippen molar-refractivity contribution in [3.05, 3.63) is 34.1 Å². The van der Waals surface area contributed by atoms with E-state index >= 15 is 0 Å². The van der Waals surface area contributed by atoms with Crippen LogP contribution in [0.1, 0.15) is 0 Å². The Morgan fingerprint density at radius 3 is 2.43 bits per heavy atom. The van der Waals surface area contributed by atoms with Crippen LogP contribution in [0, 0.1) is 15.9 Å². The molecule has 1 saturated heterocycles. The van der Waals surface area contributed by atoms with Crippen LogP contribution < -0.4 is 4.83 Å². The molecule has 0 unspecified atom stereocenters. The highest BCUT2D eigenvalue weighted by Crippen LogP contribution is 2.20. The Morgan fingerprint density at radius 2 is 1.90 bits per heavy atom. The molecule has 1 aliphatic rings. The molecule has 0 spiro atoms. The molecule has 0 amide bonds. The first-order valence-corrected chi connectivity index (χ1v) is 7.68. The molecule has 116 valence electrons. The summed E-state index contributed by atoms with van der Waals surface area (Å²) >= 11 is 0. The molecule has 1 N–H and O–H groups in total. The molecule has 21 heavy (non-hydrogen) atoms. The average Bonchev–Trinajstić information content (AvgIpc) is 2.40. The molecule has 0 atom stereocenters. The van der Waals surface area contributed by atoms with E-state index in [0.29, 0.717) is 32.2 Å². The minimum absolute atomic E-state index is 0.343. The molecule has 1 fully saturated rings. The van der Waals surface area contributed by atoms with Crippen molar-refractivity contribution >= 4 is 15.7 Å². The first-order valence-electron chi connectivity index (χ1n) is 6.19. The van der Waals surface area contributed by atoms with E-state index < -0.39 is 26.5 Å². The van der Waals surface area contributed by atoms with Crippen LogP contribution in [0.4, 0.5) is 10.1 Å². The Balaban J connectivity index is 2.16. The van der Waals surface area contributed by atoms with Crippen molar-refractivity contribution in [1.29, 1.82) is 0 Å². The Hall–Kier alpha value is -1.62. The Kier molecular flexibility index (Phi) is 4.52. The third kappa shape index (κ3) is 3.73. The van der Waals surface area contributed by atoms with Crippen molar-refractivity contribution < 1.29 is 17.7 Å². The van der Waals surface area contributed by atoms with E-state index in [2.05, 4.69) is 9.73 Å². The number of piperazine rings is 1. The summed E-state index contributed by atoms with van der Waals surface area (Å²) < 4.78 is 37.7. The molecule has 1 aromatic carbocycles. The van der Waals surface area contributed by atoms with Crippen LogP contribution in [0.2, 0.25) is 0 Å². The van der Waals surface area contributed by atoms with Gasteiger partial charge in [0.2, 0.25) is 5.82 Å². The van der Waals surface area contributed by atoms with E-state index in [0.717, 1.165) is 12.1 Å². The fraction of sp³-hybridized carbons (Fsp3) is 0.455. The second-order valence-corrected chi connectivity index (χ2v) is 6.42. The Morgan fingerprint density at radius 1 is 1.29 bits per heavy atom. The maximum Gasteiger partial charge on any atom is 0.304 e. The molecule has 0 aromatic heterocycles. The van der Waals surface area contributed by atoms with E-state index in [9.17, 15) is 22.9 Å². The summed E-state index contributed by atoms with van der Waals surface area (Å²) in [4.78, 5) is 13.7. The predicted molar refractivity (Wildman–Crippen MR) is 72.4 cm³/mol. The van der Waals surface area contributed by atoms with Crippen molar-refractivity contribution in [2.75, 3.05) is 33.2 Å². The summed E-state index contributed by atoms with van der Waals surface area (Å²) in [6, 6.07) is 2.50. The van der Waals surface area contributed by atoms with Crippen LogP contribution in [0.5, 0.6) is 0 Å². The number of sulfonamides is 1. The Labute approximate surface area is 121 Å². The molecule has 0 saturated carbocycles. The molecule has 1 aliphatic heterocycles. The second-order valence-electron chi connectivity index (χ2n) is 4.76. The molecule has 1 aromatic rings. The number of rotatable bonds is 4. The highest BCUT2D eigenvalue weighted by atomic mass is 32.2. The number of hydrogen-bond donors (Lipinski definition) is 1. The van der Waals surface area contributed by atoms with Gasteiger partial charge in [-0.3, -0.25) is 10.1 Å². The van der Waals surface area contributed by atoms with Gasteiger partial charge in [0.05, 0.1) is 9.82 Å². The van der Waals surface area contributed by atoms with Gasteiger partial charge < -0.3 is 4.90 Å². The monoisotopic (exact) mass is 318 g/mol. The number of nitro benzene ring substituents is 1. The van der Waals surface area contributed by atoms with E-state index in [1.54, 1.807) is 0 Å². The highest BCUT2D eigenvalue weighted by molar-refractivity contribution is 7.89. The van der Waals surface area contributed by atoms with Gasteiger partial charge in [0.25, 0.3) is 10.0 Å². The van der Waals surface area contributed by atoms with Crippen molar-refractivity contribution in [2.45, 2.75) is 4.90 Å². The number of hydrazine groups is 1. The molecular weight excluding hydrogens is 303 g/mol. The summed E-state index contributed by atoms with van der Waals surface area (Å²) in [5, 5.41) is 12.0. The summed E-state index contributed by atoms with van der Waals surface area (Å²) in [6.45, 7) is 2.42. The van der Waals surface area contributed by atoms with Gasteiger partial charge in [-0.15, -0.1) is 4.83 Å². The molecule has 0 radical (unpaired) electrons. The van der Waals surface area contributed by atoms with Crippen molar-refractivity contribution in [1.82, 2.24) is 14.7 Å². The van der Waals surface area contributed by atoms with Crippen LogP contribution in [-0.2, 0) is 10.0 Å². The topological polar surface area (TPSA) is 95.8 Å². The first-order chi connectivity index (χ1) is 9.79. The third-order valence-corrected chi connectivity index (χ3v) is 4.55. The minimum Gasteiger partial charge on any atom is -0.304 e. The molecule has 2 rings (SSSR count). The summed E-state index contributed by atoms with van der Waals surface area (Å²) in [5.74, 6) is -1.18. The maximum absolute atomic E-state index is 13.5. The second kappa shape index (κ2) is 6.02. The predicted octanol–water partition coefficient (Wildman–Crippen LogP) is 0.175. The van der Waals surface area contributed by atoms with Crippen LogP contribution in [0.25, 0.3) is 0 Å². The fourth-order valence-electron chi connectivity index (χ4n) is 1.92. The van der Waals surface area contributed by atoms with Crippen LogP contribution in [0.3, 0.4) is 0 Å². The van der Waals surface area contributed by atoms with E-state index in [4.69, 9.17) is 0 Å². The normalized spacial score (nSPS) is 17.8. The van der Waals surface area contributed by atoms with Crippen molar-refractivity contribution in [3.63, 3.8) is 0 Å². The van der Waals surface area contributed by atoms with E-state index in [-0.39, 0.29) is 4.90 Å². The lowest BCUT2D eigenvalue weighted by Gasteiger charge is -2.32. The van der Waals surface area contributed by atoms with Gasteiger partial charge in [0, 0.05) is 38.3 Å². The van der Waals surface area contributed by atoms with Gasteiger partial charge in [-0.05, 0) is 13.1 Å². The first kappa shape index (κ1) is 15.8. The molecule has 1 heterocycles. The van der Waals surface area contributed by atoms with E-state index in [1.807, 2.05) is 7.05 Å². The Bertz CT molecular complexity index is 644. The van der Waals surface area contributed by atoms with Gasteiger partial charge >= 0.3 is 5.69 Å². The van der Waals surface area contributed by atoms with Crippen LogP contribution >= 0.6 is 0 Å². The number of nitrogens with zero attached hydrogens (tertiary/aromatic N) is 3. The smallest absolute Gasteiger partial charge is 0.304 e. The molecular formula is C11H15FN4O4S. The highest BCUT2D eigenvalue weighted by Gasteiger charge is 2.24. The lowest BCUT2D eigenvalue weighted by Crippen LogP contribution is -2.52. The van der Waals surface area contributed by atoms with Gasteiger partial charge in [0.1, 0.15) is 0 Å². The van der Waals surface area contributed by atoms with Crippen molar-refractivity contribution in [2.24, 2.45) is 0 Å². The summed E-state index contributed by atoms with van der Waals surface area (Å²) in [7, 11) is -2.02. The van der Waals surface area contributed by atoms with Gasteiger partial charge in [-0.2, -0.15) is 4.39 Å². The molecule has 0 aliphatic carbocycles. The molecule has 8 nitrogen and oxygen atoms in total. The number of halogens is 1. The number of benzene rings is 1. The SMILES string of the molecule is CN1CCN(NS(=O)(=O)c2ccc([N+](=O)[O-])c(F)c2)CC1. The van der Waals surface area contributed by atoms with Crippen LogP contribution in [0.15, 0.2) is 23.1 Å². The fourth-order valence-corrected chi connectivity index (χ4v) is 3.06. The zero-order chi connectivity index (χ0) is 15.6. The van der Waals surface area contributed by atoms with Crippen LogP contribution in [-0.4, -0.2) is 56.5 Å². The average molecular weight is 318 g/mol. The van der Waals surface area contributed by atoms with Gasteiger partial charge in [-0.1, -0.05) is 0 Å². The number of likely N-dealkylation sites (N-methyl/N-ethyl adjacent to an activating group) is 1. The lowest BCUT2D eigenvalue weighted by molar-refractivity contribution is -0.387. The van der Waals surface area contributed by atoms with Gasteiger partial charge in [-0.25, -0.2) is 13.4 Å². The van der Waals surface area contributed by atoms with Gasteiger partial charge in [0.15, 0.2) is 0 Å². The minimum atomic E-state index is -3.95. The largest absolute Gasteiger partial charge is 0.304 e. The third-order valence-electron chi connectivity index (χ3n) is 3.18. The maximum atomic E-state index is 13.5. The molecule has 10 heteroatoms. The van der Waals surface area contributed by atoms with E-state index in [1.165, 1.54) is 5.01 Å². The molecule has 0 bridgehead atoms. The standard InChI is InChI=1S/C11H15FN4O4S/c1-14-4-6-15(7-5-14)13-21(19,20)9-2-3-11(16(17)18)10(12)8-9/h2-3,8,13H,4-7H2,1H3. The van der Waals surface area contributed by atoms with Crippen molar-refractivity contribution in [3.8, 4) is 0 Å². The number of nitrogens with one attached hydrogen (secondary N) is 1. The zero-order valence-corrected chi connectivity index (χ0v) is 12.1. The lowest BCUT2D eigenvalue weighted by atomic mass is 10.3. The number of nitro groups is 1.